The lowest BCUT2D eigenvalue weighted by molar-refractivity contribution is -0.137. The Kier molecular flexibility index (Phi) is 5.60. The van der Waals surface area contributed by atoms with Crippen LogP contribution in [0.3, 0.4) is 0 Å². The molecule has 0 fully saturated rings. The lowest BCUT2D eigenvalue weighted by Crippen LogP contribution is -2.18. The molecule has 0 bridgehead atoms. The van der Waals surface area contributed by atoms with Crippen molar-refractivity contribution in [2.45, 2.75) is 11.1 Å². The second kappa shape index (κ2) is 8.24. The average Bonchev–Trinajstić information content (AvgIpc) is 3.43. The third-order valence-electron chi connectivity index (χ3n) is 4.19. The number of thiazole rings is 1. The first kappa shape index (κ1) is 21.8. The summed E-state index contributed by atoms with van der Waals surface area (Å²) in [5.41, 5.74) is -1.05. The minimum atomic E-state index is -5.05. The molecule has 2 N–H and O–H groups in total. The van der Waals surface area contributed by atoms with E-state index in [-0.39, 0.29) is 23.3 Å². The predicted molar refractivity (Wildman–Crippen MR) is 108 cm³/mol. The highest BCUT2D eigenvalue weighted by Gasteiger charge is 2.40. The highest BCUT2D eigenvalue weighted by atomic mass is 32.2. The van der Waals surface area contributed by atoms with E-state index in [4.69, 9.17) is 4.74 Å². The van der Waals surface area contributed by atoms with Gasteiger partial charge in [-0.15, -0.1) is 11.3 Å². The van der Waals surface area contributed by atoms with Crippen LogP contribution in [-0.2, 0) is 16.2 Å². The molecule has 0 unspecified atom stereocenters. The van der Waals surface area contributed by atoms with E-state index in [1.165, 1.54) is 47.4 Å². The number of rotatable bonds is 6. The summed E-state index contributed by atoms with van der Waals surface area (Å²) < 4.78 is 90.5. The van der Waals surface area contributed by atoms with Crippen LogP contribution < -0.4 is 9.46 Å². The van der Waals surface area contributed by atoms with Crippen molar-refractivity contribution in [1.82, 2.24) is 15.2 Å². The third kappa shape index (κ3) is 4.29. The number of nitrogens with zero attached hydrogens (tertiary/aromatic N) is 2. The molecule has 0 aliphatic rings. The van der Waals surface area contributed by atoms with Crippen LogP contribution in [0.5, 0.6) is 11.5 Å². The Morgan fingerprint density at radius 3 is 2.47 bits per heavy atom. The zero-order valence-corrected chi connectivity index (χ0v) is 17.4. The van der Waals surface area contributed by atoms with E-state index in [2.05, 4.69) is 15.2 Å². The molecule has 2 aromatic heterocycles. The number of nitrogens with one attached hydrogen (secondary N) is 2. The van der Waals surface area contributed by atoms with E-state index in [0.29, 0.717) is 0 Å². The number of para-hydroxylation sites is 1. The average molecular weight is 484 g/mol. The Hall–Kier alpha value is -3.45. The van der Waals surface area contributed by atoms with Crippen molar-refractivity contribution in [3.8, 4) is 22.8 Å². The van der Waals surface area contributed by atoms with E-state index in [0.717, 1.165) is 11.3 Å². The van der Waals surface area contributed by atoms with Crippen molar-refractivity contribution < 1.29 is 30.7 Å². The van der Waals surface area contributed by atoms with Gasteiger partial charge < -0.3 is 4.74 Å². The molecule has 2 heterocycles. The Morgan fingerprint density at radius 2 is 1.88 bits per heavy atom. The van der Waals surface area contributed by atoms with Gasteiger partial charge in [-0.3, -0.25) is 9.82 Å². The fourth-order valence-electron chi connectivity index (χ4n) is 2.85. The van der Waals surface area contributed by atoms with Crippen LogP contribution in [-0.4, -0.2) is 23.6 Å². The standard InChI is InChI=1S/C19H12F4N4O3S2/c20-17-14(32(28,29)27-15-9-31-10-24-15)8-12(19(21,22)23)16(13-6-7-25-26-13)18(17)30-11-4-2-1-3-5-11/h1-10,27H,(H,25,26). The van der Waals surface area contributed by atoms with Crippen LogP contribution in [0.2, 0.25) is 0 Å². The summed E-state index contributed by atoms with van der Waals surface area (Å²) in [6.07, 6.45) is -3.87. The summed E-state index contributed by atoms with van der Waals surface area (Å²) in [5, 5.41) is 7.26. The number of aromatic nitrogens is 3. The molecule has 0 spiro atoms. The molecule has 0 aliphatic carbocycles. The van der Waals surface area contributed by atoms with Gasteiger partial charge in [0.05, 0.1) is 22.3 Å². The second-order valence-electron chi connectivity index (χ2n) is 6.30. The minimum Gasteiger partial charge on any atom is -0.454 e. The molecule has 13 heteroatoms. The number of aromatic amines is 1. The number of hydrogen-bond acceptors (Lipinski definition) is 6. The van der Waals surface area contributed by atoms with E-state index < -0.39 is 43.8 Å². The lowest BCUT2D eigenvalue weighted by Gasteiger charge is -2.20. The molecule has 0 saturated heterocycles. The summed E-state index contributed by atoms with van der Waals surface area (Å²) in [7, 11) is -4.78. The Bertz CT molecular complexity index is 1330. The predicted octanol–water partition coefficient (Wildman–Crippen LogP) is 5.28. The van der Waals surface area contributed by atoms with Gasteiger partial charge in [0.1, 0.15) is 10.6 Å². The van der Waals surface area contributed by atoms with Gasteiger partial charge in [0, 0.05) is 11.6 Å². The molecule has 0 amide bonds. The number of ether oxygens (including phenoxy) is 1. The molecule has 0 saturated carbocycles. The summed E-state index contributed by atoms with van der Waals surface area (Å²) in [6.45, 7) is 0. The van der Waals surface area contributed by atoms with Crippen molar-refractivity contribution in [3.05, 3.63) is 70.9 Å². The maximum absolute atomic E-state index is 15.5. The van der Waals surface area contributed by atoms with Crippen molar-refractivity contribution in [1.29, 1.82) is 0 Å². The Balaban J connectivity index is 1.99. The quantitative estimate of drug-likeness (QED) is 0.363. The number of halogens is 4. The molecule has 32 heavy (non-hydrogen) atoms. The summed E-state index contributed by atoms with van der Waals surface area (Å²) in [6, 6.07) is 8.85. The first-order chi connectivity index (χ1) is 15.2. The number of hydrogen-bond donors (Lipinski definition) is 2. The molecule has 0 atom stereocenters. The van der Waals surface area contributed by atoms with E-state index >= 15 is 4.39 Å². The van der Waals surface area contributed by atoms with E-state index in [1.54, 1.807) is 6.07 Å². The number of sulfonamides is 1. The molecule has 0 radical (unpaired) electrons. The van der Waals surface area contributed by atoms with E-state index in [9.17, 15) is 21.6 Å². The molecule has 0 aliphatic heterocycles. The normalized spacial score (nSPS) is 12.0. The first-order valence-corrected chi connectivity index (χ1v) is 11.2. The minimum absolute atomic E-state index is 0.00213. The van der Waals surface area contributed by atoms with Crippen LogP contribution in [0, 0.1) is 5.82 Å². The Morgan fingerprint density at radius 1 is 1.12 bits per heavy atom. The van der Waals surface area contributed by atoms with Gasteiger partial charge in [0.15, 0.2) is 17.4 Å². The highest BCUT2D eigenvalue weighted by Crippen LogP contribution is 2.46. The monoisotopic (exact) mass is 484 g/mol. The van der Waals surface area contributed by atoms with Crippen molar-refractivity contribution in [2.75, 3.05) is 4.72 Å². The van der Waals surface area contributed by atoms with E-state index in [1.807, 2.05) is 4.72 Å². The fraction of sp³-hybridized carbons (Fsp3) is 0.0526. The SMILES string of the molecule is O=S(=O)(Nc1cscn1)c1cc(C(F)(F)F)c(-c2ccn[nH]2)c(Oc2ccccc2)c1F. The van der Waals surface area contributed by atoms with Crippen LogP contribution in [0.1, 0.15) is 5.56 Å². The summed E-state index contributed by atoms with van der Waals surface area (Å²) in [5.74, 6) is -2.59. The largest absolute Gasteiger partial charge is 0.454 e. The molecule has 4 rings (SSSR count). The van der Waals surface area contributed by atoms with Gasteiger partial charge in [0.2, 0.25) is 0 Å². The van der Waals surface area contributed by atoms with Gasteiger partial charge in [-0.2, -0.15) is 18.3 Å². The van der Waals surface area contributed by atoms with Crippen LogP contribution >= 0.6 is 11.3 Å². The zero-order chi connectivity index (χ0) is 22.9. The molecule has 2 aromatic carbocycles. The summed E-state index contributed by atoms with van der Waals surface area (Å²) in [4.78, 5) is 2.47. The van der Waals surface area contributed by atoms with Gasteiger partial charge in [-0.25, -0.2) is 17.8 Å². The molecule has 4 aromatic rings. The van der Waals surface area contributed by atoms with Crippen LogP contribution in [0.15, 0.2) is 64.4 Å². The van der Waals surface area contributed by atoms with Crippen molar-refractivity contribution >= 4 is 27.2 Å². The molecular weight excluding hydrogens is 472 g/mol. The molecular formula is C19H12F4N4O3S2. The highest BCUT2D eigenvalue weighted by molar-refractivity contribution is 7.92. The van der Waals surface area contributed by atoms with Crippen LogP contribution in [0.25, 0.3) is 11.3 Å². The topological polar surface area (TPSA) is 97.0 Å². The zero-order valence-electron chi connectivity index (χ0n) is 15.7. The summed E-state index contributed by atoms with van der Waals surface area (Å²) >= 11 is 1.05. The van der Waals surface area contributed by atoms with Gasteiger partial charge in [-0.1, -0.05) is 18.2 Å². The number of benzene rings is 2. The van der Waals surface area contributed by atoms with Gasteiger partial charge >= 0.3 is 6.18 Å². The lowest BCUT2D eigenvalue weighted by atomic mass is 10.0. The third-order valence-corrected chi connectivity index (χ3v) is 6.13. The smallest absolute Gasteiger partial charge is 0.417 e. The molecule has 166 valence electrons. The molecule has 7 nitrogen and oxygen atoms in total. The first-order valence-electron chi connectivity index (χ1n) is 8.74. The van der Waals surface area contributed by atoms with Crippen LogP contribution in [0.4, 0.5) is 23.4 Å². The maximum Gasteiger partial charge on any atom is 0.417 e. The Labute approximate surface area is 182 Å². The van der Waals surface area contributed by atoms with Gasteiger partial charge in [-0.05, 0) is 24.3 Å². The van der Waals surface area contributed by atoms with Gasteiger partial charge in [0.25, 0.3) is 10.0 Å². The maximum atomic E-state index is 15.5. The number of H-pyrrole nitrogens is 1. The van der Waals surface area contributed by atoms with Crippen molar-refractivity contribution in [3.63, 3.8) is 0 Å². The number of anilines is 1. The fourth-order valence-corrected chi connectivity index (χ4v) is 4.51. The number of alkyl halides is 3. The second-order valence-corrected chi connectivity index (χ2v) is 8.67. The van der Waals surface area contributed by atoms with Crippen molar-refractivity contribution in [2.24, 2.45) is 0 Å².